The normalized spacial score (nSPS) is 10.6. The lowest BCUT2D eigenvalue weighted by Gasteiger charge is -2.17. The topological polar surface area (TPSA) is 54.3 Å². The van der Waals surface area contributed by atoms with Crippen LogP contribution in [0.1, 0.15) is 21.7 Å². The van der Waals surface area contributed by atoms with E-state index < -0.39 is 0 Å². The van der Waals surface area contributed by atoms with Gasteiger partial charge < -0.3 is 9.80 Å². The Morgan fingerprint density at radius 2 is 1.81 bits per heavy atom. The molecule has 0 atom stereocenters. The fraction of sp³-hybridized carbons (Fsp3) is 0.250. The summed E-state index contributed by atoms with van der Waals surface area (Å²) < 4.78 is 1.79. The predicted octanol–water partition coefficient (Wildman–Crippen LogP) is 2.91. The van der Waals surface area contributed by atoms with Crippen molar-refractivity contribution in [3.8, 4) is 5.69 Å². The standard InChI is InChI=1S/C20H23N5O/c1-15-12-18(22-25(15)17-8-6-5-7-9-17)20(26)24(4)14-16-10-11-19(21-13-16)23(2)3/h5-13H,14H2,1-4H3. The van der Waals surface area contributed by atoms with Gasteiger partial charge in [-0.3, -0.25) is 4.79 Å². The van der Waals surface area contributed by atoms with Crippen molar-refractivity contribution in [1.29, 1.82) is 0 Å². The van der Waals surface area contributed by atoms with Crippen LogP contribution in [-0.2, 0) is 6.54 Å². The van der Waals surface area contributed by atoms with E-state index in [4.69, 9.17) is 0 Å². The molecule has 6 heteroatoms. The number of anilines is 1. The summed E-state index contributed by atoms with van der Waals surface area (Å²) >= 11 is 0. The van der Waals surface area contributed by atoms with E-state index in [2.05, 4.69) is 10.1 Å². The number of aryl methyl sites for hydroxylation is 1. The van der Waals surface area contributed by atoms with Crippen molar-refractivity contribution in [3.05, 3.63) is 71.7 Å². The van der Waals surface area contributed by atoms with Gasteiger partial charge in [-0.05, 0) is 36.8 Å². The predicted molar refractivity (Wildman–Crippen MR) is 103 cm³/mol. The number of pyridine rings is 1. The average Bonchev–Trinajstić information content (AvgIpc) is 3.04. The molecule has 0 aliphatic carbocycles. The number of hydrogen-bond donors (Lipinski definition) is 0. The fourth-order valence-electron chi connectivity index (χ4n) is 2.73. The summed E-state index contributed by atoms with van der Waals surface area (Å²) in [5.74, 6) is 0.777. The van der Waals surface area contributed by atoms with E-state index in [1.54, 1.807) is 22.8 Å². The van der Waals surface area contributed by atoms with Gasteiger partial charge >= 0.3 is 0 Å². The number of carbonyl (C=O) groups excluding carboxylic acids is 1. The van der Waals surface area contributed by atoms with Gasteiger partial charge in [0.1, 0.15) is 5.82 Å². The van der Waals surface area contributed by atoms with Crippen molar-refractivity contribution in [3.63, 3.8) is 0 Å². The molecule has 1 amide bonds. The minimum Gasteiger partial charge on any atom is -0.363 e. The summed E-state index contributed by atoms with van der Waals surface area (Å²) in [6.07, 6.45) is 1.80. The van der Waals surface area contributed by atoms with Gasteiger partial charge in [-0.1, -0.05) is 24.3 Å². The van der Waals surface area contributed by atoms with Gasteiger partial charge in [-0.2, -0.15) is 5.10 Å². The molecule has 0 N–H and O–H groups in total. The molecule has 2 aromatic heterocycles. The van der Waals surface area contributed by atoms with E-state index in [1.807, 2.05) is 74.4 Å². The first-order chi connectivity index (χ1) is 12.5. The Morgan fingerprint density at radius 1 is 1.08 bits per heavy atom. The quantitative estimate of drug-likeness (QED) is 0.711. The molecule has 26 heavy (non-hydrogen) atoms. The van der Waals surface area contributed by atoms with Crippen LogP contribution in [0, 0.1) is 6.92 Å². The van der Waals surface area contributed by atoms with Crippen LogP contribution < -0.4 is 4.90 Å². The highest BCUT2D eigenvalue weighted by Gasteiger charge is 2.17. The molecule has 0 saturated carbocycles. The highest BCUT2D eigenvalue weighted by molar-refractivity contribution is 5.92. The third-order valence-corrected chi connectivity index (χ3v) is 4.14. The van der Waals surface area contributed by atoms with Crippen LogP contribution in [0.4, 0.5) is 5.82 Å². The lowest BCUT2D eigenvalue weighted by molar-refractivity contribution is 0.0778. The van der Waals surface area contributed by atoms with Crippen molar-refractivity contribution in [2.75, 3.05) is 26.0 Å². The second-order valence-corrected chi connectivity index (χ2v) is 6.50. The molecule has 0 unspecified atom stereocenters. The zero-order chi connectivity index (χ0) is 18.7. The molecule has 0 saturated heterocycles. The van der Waals surface area contributed by atoms with E-state index in [9.17, 15) is 4.79 Å². The molecule has 0 aliphatic rings. The van der Waals surface area contributed by atoms with E-state index in [0.29, 0.717) is 12.2 Å². The molecule has 2 heterocycles. The number of benzene rings is 1. The first-order valence-corrected chi connectivity index (χ1v) is 8.45. The van der Waals surface area contributed by atoms with Gasteiger partial charge in [0.15, 0.2) is 5.69 Å². The Labute approximate surface area is 153 Å². The number of carbonyl (C=O) groups is 1. The molecule has 6 nitrogen and oxygen atoms in total. The average molecular weight is 349 g/mol. The minimum atomic E-state index is -0.112. The third kappa shape index (κ3) is 3.74. The Kier molecular flexibility index (Phi) is 5.02. The molecule has 0 radical (unpaired) electrons. The first kappa shape index (κ1) is 17.7. The largest absolute Gasteiger partial charge is 0.363 e. The molecular weight excluding hydrogens is 326 g/mol. The monoisotopic (exact) mass is 349 g/mol. The summed E-state index contributed by atoms with van der Waals surface area (Å²) in [6, 6.07) is 15.5. The summed E-state index contributed by atoms with van der Waals surface area (Å²) in [7, 11) is 5.67. The molecule has 3 aromatic rings. The number of hydrogen-bond acceptors (Lipinski definition) is 4. The van der Waals surface area contributed by atoms with Gasteiger partial charge in [0.25, 0.3) is 5.91 Å². The van der Waals surface area contributed by atoms with Crippen molar-refractivity contribution in [1.82, 2.24) is 19.7 Å². The maximum Gasteiger partial charge on any atom is 0.274 e. The number of rotatable bonds is 5. The molecule has 134 valence electrons. The SMILES string of the molecule is Cc1cc(C(=O)N(C)Cc2ccc(N(C)C)nc2)nn1-c1ccccc1. The van der Waals surface area contributed by atoms with Crippen LogP contribution in [0.5, 0.6) is 0 Å². The van der Waals surface area contributed by atoms with Crippen LogP contribution in [0.25, 0.3) is 5.69 Å². The maximum absolute atomic E-state index is 12.7. The van der Waals surface area contributed by atoms with Gasteiger partial charge in [-0.25, -0.2) is 9.67 Å². The number of nitrogens with zero attached hydrogens (tertiary/aromatic N) is 5. The fourth-order valence-corrected chi connectivity index (χ4v) is 2.73. The molecule has 0 spiro atoms. The highest BCUT2D eigenvalue weighted by atomic mass is 16.2. The molecule has 1 aromatic carbocycles. The van der Waals surface area contributed by atoms with Crippen LogP contribution in [-0.4, -0.2) is 46.7 Å². The zero-order valence-corrected chi connectivity index (χ0v) is 15.5. The number of aromatic nitrogens is 3. The van der Waals surface area contributed by atoms with Crippen LogP contribution >= 0.6 is 0 Å². The van der Waals surface area contributed by atoms with Gasteiger partial charge in [0.2, 0.25) is 0 Å². The van der Waals surface area contributed by atoms with Gasteiger partial charge in [-0.15, -0.1) is 0 Å². The lowest BCUT2D eigenvalue weighted by atomic mass is 10.2. The van der Waals surface area contributed by atoms with Crippen molar-refractivity contribution in [2.45, 2.75) is 13.5 Å². The smallest absolute Gasteiger partial charge is 0.274 e. The summed E-state index contributed by atoms with van der Waals surface area (Å²) in [5, 5.41) is 4.48. The van der Waals surface area contributed by atoms with Crippen molar-refractivity contribution < 1.29 is 4.79 Å². The molecule has 0 fully saturated rings. The Bertz CT molecular complexity index is 884. The van der Waals surface area contributed by atoms with Crippen LogP contribution in [0.3, 0.4) is 0 Å². The summed E-state index contributed by atoms with van der Waals surface area (Å²) in [5.41, 5.74) is 3.28. The first-order valence-electron chi connectivity index (χ1n) is 8.45. The van der Waals surface area contributed by atoms with E-state index in [-0.39, 0.29) is 5.91 Å². The Morgan fingerprint density at radius 3 is 2.42 bits per heavy atom. The Balaban J connectivity index is 1.74. The molecule has 0 bridgehead atoms. The maximum atomic E-state index is 12.7. The lowest BCUT2D eigenvalue weighted by Crippen LogP contribution is -2.26. The van der Waals surface area contributed by atoms with E-state index in [0.717, 1.165) is 22.8 Å². The molecular formula is C20H23N5O. The van der Waals surface area contributed by atoms with Crippen molar-refractivity contribution in [2.24, 2.45) is 0 Å². The summed E-state index contributed by atoms with van der Waals surface area (Å²) in [6.45, 7) is 2.43. The third-order valence-electron chi connectivity index (χ3n) is 4.14. The highest BCUT2D eigenvalue weighted by Crippen LogP contribution is 2.14. The Hall–Kier alpha value is -3.15. The molecule has 0 aliphatic heterocycles. The van der Waals surface area contributed by atoms with Crippen LogP contribution in [0.2, 0.25) is 0 Å². The van der Waals surface area contributed by atoms with Crippen molar-refractivity contribution >= 4 is 11.7 Å². The van der Waals surface area contributed by atoms with Gasteiger partial charge in [0.05, 0.1) is 5.69 Å². The molecule has 3 rings (SSSR count). The van der Waals surface area contributed by atoms with Gasteiger partial charge in [0, 0.05) is 39.6 Å². The van der Waals surface area contributed by atoms with Crippen LogP contribution in [0.15, 0.2) is 54.7 Å². The van der Waals surface area contributed by atoms with E-state index >= 15 is 0 Å². The zero-order valence-electron chi connectivity index (χ0n) is 15.5. The number of amides is 1. The number of para-hydroxylation sites is 1. The second kappa shape index (κ2) is 7.39. The second-order valence-electron chi connectivity index (χ2n) is 6.50. The van der Waals surface area contributed by atoms with E-state index in [1.165, 1.54) is 0 Å². The summed E-state index contributed by atoms with van der Waals surface area (Å²) in [4.78, 5) is 20.7. The minimum absolute atomic E-state index is 0.112.